The topological polar surface area (TPSA) is 159 Å². The predicted molar refractivity (Wildman–Crippen MR) is 180 cm³/mol. The highest BCUT2D eigenvalue weighted by Gasteiger charge is 2.28. The third-order valence-electron chi connectivity index (χ3n) is 8.30. The average molecular weight is 656 g/mol. The van der Waals surface area contributed by atoms with Crippen LogP contribution in [0.3, 0.4) is 0 Å². The molecule has 0 spiro atoms. The molecule has 11 heteroatoms. The number of carboxylic acids is 2. The SMILES string of the molecule is COc1nc(O[C@H]2CCc3c(-c4cccc(-c5ccc(OCCNCC(O)CC(=O)O)cc5)c4C)cccc32)ccc1CNCC(=O)O. The lowest BCUT2D eigenvalue weighted by atomic mass is 9.89. The Bertz CT molecular complexity index is 1730. The summed E-state index contributed by atoms with van der Waals surface area (Å²) in [5.74, 6) is -0.386. The Kier molecular flexibility index (Phi) is 11.6. The third-order valence-corrected chi connectivity index (χ3v) is 8.30. The fourth-order valence-corrected chi connectivity index (χ4v) is 6.02. The van der Waals surface area contributed by atoms with Crippen molar-refractivity contribution in [1.29, 1.82) is 0 Å². The van der Waals surface area contributed by atoms with E-state index in [0.29, 0.717) is 31.5 Å². The fourth-order valence-electron chi connectivity index (χ4n) is 6.02. The van der Waals surface area contributed by atoms with Crippen molar-refractivity contribution in [3.05, 3.63) is 95.1 Å². The number of ether oxygens (including phenoxy) is 3. The maximum atomic E-state index is 10.8. The second-order valence-corrected chi connectivity index (χ2v) is 11.6. The zero-order valence-electron chi connectivity index (χ0n) is 27.1. The molecule has 5 N–H and O–H groups in total. The molecule has 4 aromatic rings. The Morgan fingerprint density at radius 3 is 2.44 bits per heavy atom. The minimum atomic E-state index is -1.03. The minimum Gasteiger partial charge on any atom is -0.492 e. The first kappa shape index (κ1) is 34.4. The number of aliphatic hydroxyl groups is 1. The first-order valence-electron chi connectivity index (χ1n) is 15.9. The molecule has 0 fully saturated rings. The molecule has 0 saturated carbocycles. The molecule has 252 valence electrons. The van der Waals surface area contributed by atoms with Crippen LogP contribution in [0.1, 0.15) is 41.2 Å². The van der Waals surface area contributed by atoms with Gasteiger partial charge in [-0.05, 0) is 76.9 Å². The van der Waals surface area contributed by atoms with Gasteiger partial charge in [-0.2, -0.15) is 4.98 Å². The molecule has 48 heavy (non-hydrogen) atoms. The highest BCUT2D eigenvalue weighted by atomic mass is 16.5. The average Bonchev–Trinajstić information content (AvgIpc) is 3.48. The van der Waals surface area contributed by atoms with E-state index in [1.54, 1.807) is 6.07 Å². The Hall–Kier alpha value is -4.97. The van der Waals surface area contributed by atoms with Crippen molar-refractivity contribution in [2.45, 2.75) is 44.9 Å². The standard InChI is InChI=1S/C37H41N3O8/c1-23-28(24-9-12-27(13-10-24)47-18-17-38-21-26(41)19-35(42)43)5-3-6-29(23)30-7-4-8-32-31(30)14-15-33(32)48-34-16-11-25(37(40-34)46-2)20-39-22-36(44)45/h3-13,16,26,33,38-39,41H,14-15,17-22H2,1-2H3,(H,42,43)(H,44,45)/t26?,33-/m0/s1. The molecule has 5 rings (SSSR count). The zero-order chi connectivity index (χ0) is 34.0. The summed E-state index contributed by atoms with van der Waals surface area (Å²) in [6.45, 7) is 3.37. The molecule has 0 amide bonds. The van der Waals surface area contributed by atoms with E-state index in [0.717, 1.165) is 40.8 Å². The van der Waals surface area contributed by atoms with Gasteiger partial charge in [0.25, 0.3) is 0 Å². The summed E-state index contributed by atoms with van der Waals surface area (Å²) >= 11 is 0. The van der Waals surface area contributed by atoms with E-state index < -0.39 is 18.0 Å². The molecular formula is C37H41N3O8. The van der Waals surface area contributed by atoms with E-state index in [9.17, 15) is 14.7 Å². The Morgan fingerprint density at radius 2 is 1.69 bits per heavy atom. The smallest absolute Gasteiger partial charge is 0.317 e. The molecule has 1 aliphatic carbocycles. The highest BCUT2D eigenvalue weighted by molar-refractivity contribution is 5.80. The molecule has 2 atom stereocenters. The van der Waals surface area contributed by atoms with Crippen LogP contribution in [-0.2, 0) is 22.6 Å². The predicted octanol–water partition coefficient (Wildman–Crippen LogP) is 4.78. The van der Waals surface area contributed by atoms with Gasteiger partial charge in [-0.3, -0.25) is 9.59 Å². The number of aliphatic hydroxyl groups excluding tert-OH is 1. The summed E-state index contributed by atoms with van der Waals surface area (Å²) < 4.78 is 17.7. The van der Waals surface area contributed by atoms with Gasteiger partial charge >= 0.3 is 11.9 Å². The van der Waals surface area contributed by atoms with Crippen molar-refractivity contribution in [3.8, 4) is 39.8 Å². The van der Waals surface area contributed by atoms with Gasteiger partial charge in [0.2, 0.25) is 11.8 Å². The molecular weight excluding hydrogens is 614 g/mol. The molecule has 0 saturated heterocycles. The largest absolute Gasteiger partial charge is 0.492 e. The van der Waals surface area contributed by atoms with Crippen LogP contribution in [0.15, 0.2) is 72.8 Å². The van der Waals surface area contributed by atoms with Gasteiger partial charge in [0.1, 0.15) is 18.5 Å². The summed E-state index contributed by atoms with van der Waals surface area (Å²) in [4.78, 5) is 26.0. The maximum absolute atomic E-state index is 10.8. The van der Waals surface area contributed by atoms with E-state index in [1.165, 1.54) is 29.4 Å². The van der Waals surface area contributed by atoms with E-state index in [-0.39, 0.29) is 25.6 Å². The van der Waals surface area contributed by atoms with Crippen molar-refractivity contribution < 1.29 is 39.1 Å². The summed E-state index contributed by atoms with van der Waals surface area (Å²) in [6, 6.07) is 24.3. The van der Waals surface area contributed by atoms with Crippen LogP contribution in [0.25, 0.3) is 22.3 Å². The van der Waals surface area contributed by atoms with Gasteiger partial charge in [0.05, 0.1) is 26.2 Å². The highest BCUT2D eigenvalue weighted by Crippen LogP contribution is 2.42. The van der Waals surface area contributed by atoms with E-state index in [2.05, 4.69) is 58.9 Å². The Morgan fingerprint density at radius 1 is 0.938 bits per heavy atom. The summed E-state index contributed by atoms with van der Waals surface area (Å²) in [6.07, 6.45) is 0.305. The van der Waals surface area contributed by atoms with Gasteiger partial charge in [0, 0.05) is 31.3 Å². The summed E-state index contributed by atoms with van der Waals surface area (Å²) in [5.41, 5.74) is 8.88. The second kappa shape index (κ2) is 16.2. The molecule has 0 bridgehead atoms. The molecule has 11 nitrogen and oxygen atoms in total. The van der Waals surface area contributed by atoms with Gasteiger partial charge < -0.3 is 40.2 Å². The van der Waals surface area contributed by atoms with Crippen molar-refractivity contribution in [2.24, 2.45) is 0 Å². The number of methoxy groups -OCH3 is 1. The first-order valence-corrected chi connectivity index (χ1v) is 15.9. The number of aromatic nitrogens is 1. The number of fused-ring (bicyclic) bond motifs is 1. The van der Waals surface area contributed by atoms with Crippen LogP contribution in [-0.4, -0.2) is 71.7 Å². The van der Waals surface area contributed by atoms with E-state index >= 15 is 0 Å². The van der Waals surface area contributed by atoms with Gasteiger partial charge in [-0.15, -0.1) is 0 Å². The molecule has 3 aromatic carbocycles. The number of hydrogen-bond donors (Lipinski definition) is 5. The molecule has 1 aliphatic rings. The van der Waals surface area contributed by atoms with Crippen LogP contribution in [0, 0.1) is 6.92 Å². The van der Waals surface area contributed by atoms with Crippen molar-refractivity contribution in [2.75, 3.05) is 33.4 Å². The molecule has 0 aliphatic heterocycles. The monoisotopic (exact) mass is 655 g/mol. The van der Waals surface area contributed by atoms with Gasteiger partial charge in [0.15, 0.2) is 0 Å². The van der Waals surface area contributed by atoms with E-state index in [1.807, 2.05) is 30.3 Å². The van der Waals surface area contributed by atoms with Gasteiger partial charge in [-0.1, -0.05) is 48.5 Å². The third kappa shape index (κ3) is 8.68. The number of aliphatic carboxylic acids is 2. The lowest BCUT2D eigenvalue weighted by molar-refractivity contribution is -0.139. The number of carbonyl (C=O) groups is 2. The van der Waals surface area contributed by atoms with Crippen molar-refractivity contribution in [3.63, 3.8) is 0 Å². The number of nitrogens with zero attached hydrogens (tertiary/aromatic N) is 1. The van der Waals surface area contributed by atoms with Crippen LogP contribution in [0.5, 0.6) is 17.5 Å². The van der Waals surface area contributed by atoms with Crippen LogP contribution in [0.4, 0.5) is 0 Å². The van der Waals surface area contributed by atoms with Crippen LogP contribution in [0.2, 0.25) is 0 Å². The van der Waals surface area contributed by atoms with Crippen LogP contribution < -0.4 is 24.8 Å². The molecule has 1 aromatic heterocycles. The second-order valence-electron chi connectivity index (χ2n) is 11.6. The molecule has 0 radical (unpaired) electrons. The number of pyridine rings is 1. The first-order chi connectivity index (χ1) is 23.2. The lowest BCUT2D eigenvalue weighted by Crippen LogP contribution is -2.31. The zero-order valence-corrected chi connectivity index (χ0v) is 27.1. The summed E-state index contributed by atoms with van der Waals surface area (Å²) in [5, 5.41) is 33.1. The van der Waals surface area contributed by atoms with Gasteiger partial charge in [-0.25, -0.2) is 0 Å². The van der Waals surface area contributed by atoms with Crippen LogP contribution >= 0.6 is 0 Å². The quantitative estimate of drug-likeness (QED) is 0.0997. The van der Waals surface area contributed by atoms with Crippen molar-refractivity contribution in [1.82, 2.24) is 15.6 Å². The summed E-state index contributed by atoms with van der Waals surface area (Å²) in [7, 11) is 1.53. The Labute approximate surface area is 279 Å². The molecule has 1 heterocycles. The fraction of sp³-hybridized carbons (Fsp3) is 0.324. The number of benzene rings is 3. The number of carboxylic acid groups (broad SMARTS) is 2. The van der Waals surface area contributed by atoms with E-state index in [4.69, 9.17) is 24.4 Å². The lowest BCUT2D eigenvalue weighted by Gasteiger charge is -2.18. The normalized spacial score (nSPS) is 14.3. The molecule has 1 unspecified atom stereocenters. The number of rotatable bonds is 17. The Balaban J connectivity index is 1.25. The maximum Gasteiger partial charge on any atom is 0.317 e. The number of hydrogen-bond acceptors (Lipinski definition) is 9. The number of nitrogens with one attached hydrogen (secondary N) is 2. The van der Waals surface area contributed by atoms with Crippen molar-refractivity contribution >= 4 is 11.9 Å². The minimum absolute atomic E-state index is 0.154.